The maximum absolute atomic E-state index is 12.4. The molecule has 2 bridgehead atoms. The lowest BCUT2D eigenvalue weighted by molar-refractivity contribution is -0.121. The van der Waals surface area contributed by atoms with E-state index in [9.17, 15) is 4.79 Å². The quantitative estimate of drug-likeness (QED) is 0.828. The molecule has 2 aliphatic heterocycles. The molecule has 0 saturated carbocycles. The van der Waals surface area contributed by atoms with Gasteiger partial charge in [-0.1, -0.05) is 0 Å². The summed E-state index contributed by atoms with van der Waals surface area (Å²) in [6.07, 6.45) is 4.80. The van der Waals surface area contributed by atoms with Crippen molar-refractivity contribution in [2.75, 3.05) is 21.3 Å². The second-order valence-electron chi connectivity index (χ2n) is 6.58. The van der Waals surface area contributed by atoms with Crippen LogP contribution >= 0.6 is 0 Å². The third kappa shape index (κ3) is 3.59. The van der Waals surface area contributed by atoms with E-state index < -0.39 is 0 Å². The Bertz CT molecular complexity index is 568. The van der Waals surface area contributed by atoms with Gasteiger partial charge in [0.2, 0.25) is 11.7 Å². The SMILES string of the molecule is COc1cc(CC(=O)NC2CC3CCC(C2)N3)cc(OC)c1OC. The number of methoxy groups -OCH3 is 3. The molecular weight excluding hydrogens is 308 g/mol. The first-order chi connectivity index (χ1) is 11.6. The largest absolute Gasteiger partial charge is 0.493 e. The van der Waals surface area contributed by atoms with Gasteiger partial charge in [0.05, 0.1) is 27.8 Å². The van der Waals surface area contributed by atoms with Gasteiger partial charge in [0.15, 0.2) is 11.5 Å². The van der Waals surface area contributed by atoms with Crippen molar-refractivity contribution in [2.45, 2.75) is 50.2 Å². The molecule has 132 valence electrons. The van der Waals surface area contributed by atoms with Crippen molar-refractivity contribution >= 4 is 5.91 Å². The van der Waals surface area contributed by atoms with E-state index in [1.165, 1.54) is 12.8 Å². The van der Waals surface area contributed by atoms with E-state index in [2.05, 4.69) is 10.6 Å². The van der Waals surface area contributed by atoms with E-state index in [4.69, 9.17) is 14.2 Å². The van der Waals surface area contributed by atoms with Crippen molar-refractivity contribution in [3.8, 4) is 17.2 Å². The van der Waals surface area contributed by atoms with Crippen LogP contribution in [-0.4, -0.2) is 45.4 Å². The second kappa shape index (κ2) is 7.30. The number of hydrogen-bond acceptors (Lipinski definition) is 5. The van der Waals surface area contributed by atoms with Crippen LogP contribution in [0.4, 0.5) is 0 Å². The van der Waals surface area contributed by atoms with Crippen LogP contribution in [0.25, 0.3) is 0 Å². The Balaban J connectivity index is 1.65. The molecule has 2 saturated heterocycles. The van der Waals surface area contributed by atoms with Gasteiger partial charge in [0.1, 0.15) is 0 Å². The summed E-state index contributed by atoms with van der Waals surface area (Å²) in [6, 6.07) is 5.06. The van der Waals surface area contributed by atoms with Gasteiger partial charge in [-0.15, -0.1) is 0 Å². The highest BCUT2D eigenvalue weighted by atomic mass is 16.5. The molecule has 2 aliphatic rings. The fraction of sp³-hybridized carbons (Fsp3) is 0.611. The molecule has 2 N–H and O–H groups in total. The van der Waals surface area contributed by atoms with Gasteiger partial charge in [-0.25, -0.2) is 0 Å². The molecule has 2 unspecified atom stereocenters. The number of rotatable bonds is 6. The number of carbonyl (C=O) groups is 1. The van der Waals surface area contributed by atoms with Gasteiger partial charge in [-0.2, -0.15) is 0 Å². The van der Waals surface area contributed by atoms with Crippen LogP contribution in [0.15, 0.2) is 12.1 Å². The Morgan fingerprint density at radius 3 is 2.17 bits per heavy atom. The van der Waals surface area contributed by atoms with Crippen molar-refractivity contribution in [2.24, 2.45) is 0 Å². The summed E-state index contributed by atoms with van der Waals surface area (Å²) < 4.78 is 16.0. The Kier molecular flexibility index (Phi) is 5.14. The van der Waals surface area contributed by atoms with E-state index >= 15 is 0 Å². The first-order valence-corrected chi connectivity index (χ1v) is 8.47. The highest BCUT2D eigenvalue weighted by Gasteiger charge is 2.33. The van der Waals surface area contributed by atoms with E-state index in [-0.39, 0.29) is 11.9 Å². The van der Waals surface area contributed by atoms with Crippen molar-refractivity contribution in [3.63, 3.8) is 0 Å². The first-order valence-electron chi connectivity index (χ1n) is 8.47. The van der Waals surface area contributed by atoms with Crippen LogP contribution in [0, 0.1) is 0 Å². The van der Waals surface area contributed by atoms with Crippen LogP contribution in [-0.2, 0) is 11.2 Å². The molecule has 24 heavy (non-hydrogen) atoms. The Labute approximate surface area is 142 Å². The number of ether oxygens (including phenoxy) is 3. The zero-order chi connectivity index (χ0) is 17.1. The van der Waals surface area contributed by atoms with Crippen LogP contribution in [0.1, 0.15) is 31.2 Å². The molecule has 6 heteroatoms. The predicted molar refractivity (Wildman–Crippen MR) is 90.9 cm³/mol. The molecule has 2 fully saturated rings. The fourth-order valence-electron chi connectivity index (χ4n) is 3.88. The number of piperidine rings is 1. The lowest BCUT2D eigenvalue weighted by atomic mass is 9.99. The van der Waals surface area contributed by atoms with Gasteiger partial charge in [0, 0.05) is 18.1 Å². The van der Waals surface area contributed by atoms with Gasteiger partial charge >= 0.3 is 0 Å². The molecule has 0 radical (unpaired) electrons. The number of carbonyl (C=O) groups excluding carboxylic acids is 1. The highest BCUT2D eigenvalue weighted by molar-refractivity contribution is 5.79. The Morgan fingerprint density at radius 2 is 1.67 bits per heavy atom. The van der Waals surface area contributed by atoms with Gasteiger partial charge in [0.25, 0.3) is 0 Å². The summed E-state index contributed by atoms with van der Waals surface area (Å²) in [6.45, 7) is 0. The van der Waals surface area contributed by atoms with Gasteiger partial charge in [-0.05, 0) is 43.4 Å². The lowest BCUT2D eigenvalue weighted by Gasteiger charge is -2.29. The predicted octanol–water partition coefficient (Wildman–Crippen LogP) is 1.65. The van der Waals surface area contributed by atoms with E-state index in [0.717, 1.165) is 18.4 Å². The molecule has 3 rings (SSSR count). The fourth-order valence-corrected chi connectivity index (χ4v) is 3.88. The average Bonchev–Trinajstić information content (AvgIpc) is 2.92. The molecular formula is C18H26N2O4. The Morgan fingerprint density at radius 1 is 1.08 bits per heavy atom. The maximum Gasteiger partial charge on any atom is 0.224 e. The lowest BCUT2D eigenvalue weighted by Crippen LogP contribution is -2.48. The summed E-state index contributed by atoms with van der Waals surface area (Å²) in [4.78, 5) is 12.4. The average molecular weight is 334 g/mol. The first kappa shape index (κ1) is 16.9. The Hall–Kier alpha value is -1.95. The van der Waals surface area contributed by atoms with Crippen molar-refractivity contribution in [1.82, 2.24) is 10.6 Å². The summed E-state index contributed by atoms with van der Waals surface area (Å²) in [7, 11) is 4.72. The van der Waals surface area contributed by atoms with Crippen LogP contribution < -0.4 is 24.8 Å². The topological polar surface area (TPSA) is 68.8 Å². The smallest absolute Gasteiger partial charge is 0.224 e. The van der Waals surface area contributed by atoms with Gasteiger partial charge < -0.3 is 24.8 Å². The molecule has 2 atom stereocenters. The molecule has 6 nitrogen and oxygen atoms in total. The third-order valence-electron chi connectivity index (χ3n) is 4.93. The molecule has 1 aromatic rings. The van der Waals surface area contributed by atoms with Crippen molar-refractivity contribution in [3.05, 3.63) is 17.7 Å². The minimum Gasteiger partial charge on any atom is -0.493 e. The number of nitrogens with one attached hydrogen (secondary N) is 2. The van der Waals surface area contributed by atoms with Crippen molar-refractivity contribution in [1.29, 1.82) is 0 Å². The monoisotopic (exact) mass is 334 g/mol. The summed E-state index contributed by atoms with van der Waals surface area (Å²) in [5, 5.41) is 6.77. The highest BCUT2D eigenvalue weighted by Crippen LogP contribution is 2.38. The van der Waals surface area contributed by atoms with Crippen LogP contribution in [0.5, 0.6) is 17.2 Å². The molecule has 1 amide bonds. The van der Waals surface area contributed by atoms with Crippen LogP contribution in [0.3, 0.4) is 0 Å². The summed E-state index contributed by atoms with van der Waals surface area (Å²) >= 11 is 0. The minimum atomic E-state index is 0.0376. The molecule has 2 heterocycles. The number of benzene rings is 1. The third-order valence-corrected chi connectivity index (χ3v) is 4.93. The maximum atomic E-state index is 12.4. The summed E-state index contributed by atoms with van der Waals surface area (Å²) in [5.74, 6) is 1.72. The second-order valence-corrected chi connectivity index (χ2v) is 6.58. The molecule has 0 spiro atoms. The number of amides is 1. The zero-order valence-corrected chi connectivity index (χ0v) is 14.6. The molecule has 1 aromatic carbocycles. The molecule has 0 aromatic heterocycles. The molecule has 0 aliphatic carbocycles. The zero-order valence-electron chi connectivity index (χ0n) is 14.6. The van der Waals surface area contributed by atoms with Gasteiger partial charge in [-0.3, -0.25) is 4.79 Å². The normalized spacial score (nSPS) is 25.2. The van der Waals surface area contributed by atoms with E-state index in [1.54, 1.807) is 21.3 Å². The standard InChI is InChI=1S/C18H26N2O4/c1-22-15-6-11(7-16(23-2)18(15)24-3)8-17(21)20-14-9-12-4-5-13(10-14)19-12/h6-7,12-14,19H,4-5,8-10H2,1-3H3,(H,20,21). The number of hydrogen-bond donors (Lipinski definition) is 2. The summed E-state index contributed by atoms with van der Waals surface area (Å²) in [5.41, 5.74) is 0.846. The minimum absolute atomic E-state index is 0.0376. The van der Waals surface area contributed by atoms with Crippen LogP contribution in [0.2, 0.25) is 0 Å². The van der Waals surface area contributed by atoms with E-state index in [0.29, 0.717) is 35.8 Å². The van der Waals surface area contributed by atoms with Crippen molar-refractivity contribution < 1.29 is 19.0 Å². The van der Waals surface area contributed by atoms with E-state index in [1.807, 2.05) is 12.1 Å². The number of fused-ring (bicyclic) bond motifs is 2.